The van der Waals surface area contributed by atoms with Crippen molar-refractivity contribution in [2.24, 2.45) is 0 Å². The molecule has 0 radical (unpaired) electrons. The van der Waals surface area contributed by atoms with E-state index >= 15 is 0 Å². The van der Waals surface area contributed by atoms with E-state index in [4.69, 9.17) is 11.6 Å². The first-order valence-corrected chi connectivity index (χ1v) is 12.8. The van der Waals surface area contributed by atoms with E-state index in [1.807, 2.05) is 12.1 Å². The van der Waals surface area contributed by atoms with Crippen LogP contribution in [-0.4, -0.2) is 21.0 Å². The van der Waals surface area contributed by atoms with Crippen LogP contribution in [0.1, 0.15) is 41.8 Å². The van der Waals surface area contributed by atoms with Gasteiger partial charge in [0.1, 0.15) is 0 Å². The van der Waals surface area contributed by atoms with Crippen LogP contribution in [0.3, 0.4) is 0 Å². The van der Waals surface area contributed by atoms with Gasteiger partial charge in [-0.05, 0) is 0 Å². The molecule has 0 amide bonds. The Kier molecular flexibility index (Phi) is 5.86. The van der Waals surface area contributed by atoms with Crippen LogP contribution in [0.15, 0.2) is 89.5 Å². The molecule has 2 nitrogen and oxygen atoms in total. The van der Waals surface area contributed by atoms with Gasteiger partial charge in [0.05, 0.1) is 0 Å². The SMILES string of the molecule is Clc1ccc(C2=C(NC3CCCC3)[Se]C(c3ccccc3)N2c2ccccc2)cc1. The summed E-state index contributed by atoms with van der Waals surface area (Å²) in [6.07, 6.45) is 5.21. The van der Waals surface area contributed by atoms with E-state index in [2.05, 4.69) is 83.0 Å². The Hall–Kier alpha value is -2.19. The van der Waals surface area contributed by atoms with Gasteiger partial charge in [0.25, 0.3) is 0 Å². The van der Waals surface area contributed by atoms with E-state index in [1.165, 1.54) is 52.8 Å². The van der Waals surface area contributed by atoms with Crippen LogP contribution < -0.4 is 10.2 Å². The van der Waals surface area contributed by atoms with Crippen molar-refractivity contribution in [2.75, 3.05) is 4.90 Å². The van der Waals surface area contributed by atoms with Crippen LogP contribution in [0.5, 0.6) is 0 Å². The van der Waals surface area contributed by atoms with E-state index in [-0.39, 0.29) is 15.0 Å². The molecule has 5 rings (SSSR count). The number of nitrogens with zero attached hydrogens (tertiary/aromatic N) is 1. The fourth-order valence-electron chi connectivity index (χ4n) is 4.37. The van der Waals surface area contributed by atoms with Crippen molar-refractivity contribution in [3.63, 3.8) is 0 Å². The van der Waals surface area contributed by atoms with E-state index in [0.29, 0.717) is 11.0 Å². The molecule has 2 aliphatic rings. The van der Waals surface area contributed by atoms with Gasteiger partial charge in [0.15, 0.2) is 0 Å². The Morgan fingerprint density at radius 2 is 1.43 bits per heavy atom. The van der Waals surface area contributed by atoms with Crippen LogP contribution in [0.2, 0.25) is 5.02 Å². The molecular weight excluding hydrogens is 455 g/mol. The predicted octanol–water partition coefficient (Wildman–Crippen LogP) is 6.42. The molecule has 1 atom stereocenters. The van der Waals surface area contributed by atoms with Crippen molar-refractivity contribution < 1.29 is 0 Å². The summed E-state index contributed by atoms with van der Waals surface area (Å²) in [7, 11) is 0. The zero-order valence-corrected chi connectivity index (χ0v) is 19.3. The molecule has 0 bridgehead atoms. The van der Waals surface area contributed by atoms with Gasteiger partial charge in [-0.3, -0.25) is 0 Å². The average molecular weight is 480 g/mol. The second-order valence-corrected chi connectivity index (χ2v) is 10.6. The molecule has 3 aromatic rings. The third-order valence-corrected chi connectivity index (χ3v) is 8.73. The number of anilines is 1. The number of hydrogen-bond acceptors (Lipinski definition) is 2. The molecule has 30 heavy (non-hydrogen) atoms. The molecule has 1 fully saturated rings. The molecule has 152 valence electrons. The normalized spacial score (nSPS) is 19.5. The Morgan fingerprint density at radius 1 is 0.800 bits per heavy atom. The van der Waals surface area contributed by atoms with Crippen molar-refractivity contribution in [1.82, 2.24) is 5.32 Å². The molecule has 0 saturated heterocycles. The minimum atomic E-state index is 0.273. The molecule has 4 heteroatoms. The standard InChI is InChI=1S/C26H25ClN2Se/c27-21-17-15-19(16-18-21)24-25(28-22-11-7-8-12-22)30-26(20-9-3-1-4-10-20)29(24)23-13-5-2-6-14-23/h1-6,9-10,13-18,22,26,28H,7-8,11-12H2. The first-order chi connectivity index (χ1) is 14.8. The Labute approximate surface area is 190 Å². The summed E-state index contributed by atoms with van der Waals surface area (Å²) in [5.41, 5.74) is 5.14. The van der Waals surface area contributed by atoms with Gasteiger partial charge in [-0.2, -0.15) is 0 Å². The van der Waals surface area contributed by atoms with E-state index in [9.17, 15) is 0 Å². The Bertz CT molecular complexity index is 1010. The molecule has 1 aliphatic carbocycles. The molecule has 1 heterocycles. The predicted molar refractivity (Wildman–Crippen MR) is 128 cm³/mol. The second kappa shape index (κ2) is 8.89. The number of para-hydroxylation sites is 1. The number of halogens is 1. The third kappa shape index (κ3) is 4.03. The van der Waals surface area contributed by atoms with Crippen molar-refractivity contribution in [3.8, 4) is 0 Å². The van der Waals surface area contributed by atoms with Gasteiger partial charge in [-0.25, -0.2) is 0 Å². The molecule has 0 spiro atoms. The number of benzene rings is 3. The number of hydrogen-bond donors (Lipinski definition) is 1. The summed E-state index contributed by atoms with van der Waals surface area (Å²) < 4.78 is 1.41. The summed E-state index contributed by atoms with van der Waals surface area (Å²) in [6, 6.07) is 30.6. The average Bonchev–Trinajstić information content (AvgIpc) is 3.44. The first-order valence-electron chi connectivity index (χ1n) is 10.6. The molecule has 1 unspecified atom stereocenters. The van der Waals surface area contributed by atoms with Crippen LogP contribution in [0.25, 0.3) is 5.70 Å². The summed E-state index contributed by atoms with van der Waals surface area (Å²) >= 11 is 6.50. The van der Waals surface area contributed by atoms with E-state index < -0.39 is 0 Å². The summed E-state index contributed by atoms with van der Waals surface area (Å²) in [5.74, 6) is 0. The zero-order chi connectivity index (χ0) is 20.3. The number of rotatable bonds is 5. The Balaban J connectivity index is 1.64. The minimum absolute atomic E-state index is 0.273. The third-order valence-electron chi connectivity index (χ3n) is 5.85. The van der Waals surface area contributed by atoms with Crippen LogP contribution in [-0.2, 0) is 0 Å². The second-order valence-electron chi connectivity index (χ2n) is 7.90. The van der Waals surface area contributed by atoms with E-state index in [0.717, 1.165) is 5.02 Å². The maximum absolute atomic E-state index is 6.23. The van der Waals surface area contributed by atoms with Crippen LogP contribution >= 0.6 is 11.6 Å². The number of nitrogens with one attached hydrogen (secondary N) is 1. The first kappa shape index (κ1) is 19.8. The molecule has 0 aromatic heterocycles. The molecule has 1 aliphatic heterocycles. The zero-order valence-electron chi connectivity index (χ0n) is 16.8. The van der Waals surface area contributed by atoms with Gasteiger partial charge in [0, 0.05) is 0 Å². The van der Waals surface area contributed by atoms with E-state index in [1.54, 1.807) is 0 Å². The van der Waals surface area contributed by atoms with Gasteiger partial charge in [-0.1, -0.05) is 0 Å². The quantitative estimate of drug-likeness (QED) is 0.425. The van der Waals surface area contributed by atoms with Gasteiger partial charge in [0.2, 0.25) is 0 Å². The topological polar surface area (TPSA) is 15.3 Å². The van der Waals surface area contributed by atoms with Crippen molar-refractivity contribution >= 4 is 37.9 Å². The molecule has 3 aromatic carbocycles. The van der Waals surface area contributed by atoms with Gasteiger partial charge < -0.3 is 0 Å². The van der Waals surface area contributed by atoms with Crippen LogP contribution in [0.4, 0.5) is 5.69 Å². The monoisotopic (exact) mass is 480 g/mol. The Morgan fingerprint density at radius 3 is 2.10 bits per heavy atom. The van der Waals surface area contributed by atoms with Crippen LogP contribution in [0, 0.1) is 0 Å². The molecule has 1 saturated carbocycles. The van der Waals surface area contributed by atoms with Crippen molar-refractivity contribution in [2.45, 2.75) is 36.7 Å². The van der Waals surface area contributed by atoms with Crippen molar-refractivity contribution in [3.05, 3.63) is 106 Å². The summed E-state index contributed by atoms with van der Waals surface area (Å²) in [5, 5.41) is 4.75. The summed E-state index contributed by atoms with van der Waals surface area (Å²) in [4.78, 5) is 2.87. The van der Waals surface area contributed by atoms with Crippen molar-refractivity contribution in [1.29, 1.82) is 0 Å². The maximum atomic E-state index is 6.23. The fraction of sp³-hybridized carbons (Fsp3) is 0.231. The molecule has 1 N–H and O–H groups in total. The fourth-order valence-corrected chi connectivity index (χ4v) is 7.46. The molecular formula is C26H25ClN2Se. The van der Waals surface area contributed by atoms with Gasteiger partial charge in [-0.15, -0.1) is 0 Å². The summed E-state index contributed by atoms with van der Waals surface area (Å²) in [6.45, 7) is 0. The van der Waals surface area contributed by atoms with Gasteiger partial charge >= 0.3 is 190 Å².